The molecule has 8 aromatic carbocycles. The van der Waals surface area contributed by atoms with Crippen LogP contribution in [0, 0.1) is 0 Å². The monoisotopic (exact) mass is 708 g/mol. The largest absolute Gasteiger partial charge is 0.456 e. The second kappa shape index (κ2) is 10.5. The molecule has 0 radical (unpaired) electrons. The Morgan fingerprint density at radius 1 is 0.291 bits per heavy atom. The summed E-state index contributed by atoms with van der Waals surface area (Å²) in [4.78, 5) is 9.34. The first-order valence-electron chi connectivity index (χ1n) is 18.4. The molecule has 0 spiro atoms. The van der Waals surface area contributed by atoms with Crippen LogP contribution in [0.2, 0.25) is 0 Å². The molecule has 0 N–H and O–H groups in total. The van der Waals surface area contributed by atoms with Crippen LogP contribution >= 0.6 is 0 Å². The molecule has 0 atom stereocenters. The van der Waals surface area contributed by atoms with Crippen molar-refractivity contribution in [2.24, 2.45) is 0 Å². The van der Waals surface area contributed by atoms with Gasteiger partial charge in [0.1, 0.15) is 22.5 Å². The predicted molar refractivity (Wildman–Crippen MR) is 220 cm³/mol. The third kappa shape index (κ3) is 3.83. The van der Waals surface area contributed by atoms with E-state index in [0.717, 1.165) is 113 Å². The fourth-order valence-electron chi connectivity index (χ4n) is 8.96. The Balaban J connectivity index is 0.990. The Morgan fingerprint density at radius 3 is 1.11 bits per heavy atom. The summed E-state index contributed by atoms with van der Waals surface area (Å²) in [6.07, 6.45) is 0. The van der Waals surface area contributed by atoms with Gasteiger partial charge >= 0.3 is 0 Å². The highest BCUT2D eigenvalue weighted by molar-refractivity contribution is 6.12. The zero-order valence-corrected chi connectivity index (χ0v) is 29.2. The lowest BCUT2D eigenvalue weighted by molar-refractivity contribution is 0.476. The fraction of sp³-hybridized carbons (Fsp3) is 0. The topological polar surface area (TPSA) is 44.6 Å². The first-order chi connectivity index (χ1) is 27.3. The van der Waals surface area contributed by atoms with Gasteiger partial charge in [-0.15, -0.1) is 0 Å². The predicted octanol–water partition coefficient (Wildman–Crippen LogP) is 14.3. The van der Waals surface area contributed by atoms with E-state index < -0.39 is 0 Å². The van der Waals surface area contributed by atoms with Crippen LogP contribution in [0.1, 0.15) is 0 Å². The highest BCUT2D eigenvalue weighted by atomic mass is 16.5. The molecule has 7 nitrogen and oxygen atoms in total. The van der Waals surface area contributed by atoms with Crippen molar-refractivity contribution in [3.05, 3.63) is 170 Å². The summed E-state index contributed by atoms with van der Waals surface area (Å²) < 4.78 is 19.5. The number of fused-ring (bicyclic) bond motifs is 11. The lowest BCUT2D eigenvalue weighted by Gasteiger charge is -2.43. The van der Waals surface area contributed by atoms with Gasteiger partial charge in [0.2, 0.25) is 0 Å². The molecule has 7 heteroatoms. The maximum Gasteiger partial charge on any atom is 0.153 e. The van der Waals surface area contributed by atoms with Crippen molar-refractivity contribution in [1.82, 2.24) is 0 Å². The Kier molecular flexibility index (Phi) is 5.51. The van der Waals surface area contributed by atoms with Crippen molar-refractivity contribution >= 4 is 90.2 Å². The summed E-state index contributed by atoms with van der Waals surface area (Å²) >= 11 is 0. The number of ether oxygens (including phenoxy) is 2. The van der Waals surface area contributed by atoms with Crippen LogP contribution in [-0.2, 0) is 0 Å². The quantitative estimate of drug-likeness (QED) is 0.177. The minimum absolute atomic E-state index is 0.826. The minimum atomic E-state index is 0.826. The molecule has 5 heterocycles. The minimum Gasteiger partial charge on any atom is -0.456 e. The van der Waals surface area contributed by atoms with Crippen molar-refractivity contribution in [2.75, 3.05) is 19.6 Å². The van der Waals surface area contributed by atoms with Gasteiger partial charge in [0, 0.05) is 22.1 Å². The Bertz CT molecular complexity index is 2910. The van der Waals surface area contributed by atoms with E-state index >= 15 is 0 Å². The molecule has 9 aromatic rings. The van der Waals surface area contributed by atoms with Crippen molar-refractivity contribution < 1.29 is 13.9 Å². The van der Waals surface area contributed by atoms with Gasteiger partial charge in [-0.25, -0.2) is 0 Å². The van der Waals surface area contributed by atoms with Gasteiger partial charge in [0.15, 0.2) is 23.0 Å². The van der Waals surface area contributed by atoms with Crippen molar-refractivity contribution in [3.63, 3.8) is 0 Å². The van der Waals surface area contributed by atoms with Gasteiger partial charge in [-0.1, -0.05) is 60.7 Å². The highest BCUT2D eigenvalue weighted by Crippen LogP contribution is 2.63. The molecule has 258 valence electrons. The summed E-state index contributed by atoms with van der Waals surface area (Å²) in [5, 5.41) is 2.08. The first-order valence-corrected chi connectivity index (χ1v) is 18.4. The molecule has 0 saturated heterocycles. The zero-order valence-electron chi connectivity index (χ0n) is 29.2. The molecule has 0 saturated carbocycles. The molecule has 0 fully saturated rings. The zero-order chi connectivity index (χ0) is 35.8. The van der Waals surface area contributed by atoms with Crippen LogP contribution < -0.4 is 29.1 Å². The lowest BCUT2D eigenvalue weighted by atomic mass is 10.0. The highest BCUT2D eigenvalue weighted by Gasteiger charge is 2.38. The summed E-state index contributed by atoms with van der Waals surface area (Å²) in [5.41, 5.74) is 14.3. The van der Waals surface area contributed by atoms with Crippen molar-refractivity contribution in [3.8, 4) is 23.0 Å². The maximum atomic E-state index is 6.52. The summed E-state index contributed by atoms with van der Waals surface area (Å²) in [5.74, 6) is 3.34. The third-order valence-electron chi connectivity index (χ3n) is 11.2. The molecule has 0 unspecified atom stereocenters. The van der Waals surface area contributed by atoms with E-state index in [4.69, 9.17) is 13.9 Å². The van der Waals surface area contributed by atoms with E-state index in [2.05, 4.69) is 165 Å². The van der Waals surface area contributed by atoms with E-state index in [1.54, 1.807) is 0 Å². The SMILES string of the molecule is c1ccc2c(c1)Oc1cccc3c1N2c1ccccc1N3c1ccc2oc3ccc(N4c5ccccc5N5c6ccccc6Oc6cccc4c65)cc3c2c1. The van der Waals surface area contributed by atoms with E-state index in [1.165, 1.54) is 0 Å². The molecule has 0 amide bonds. The van der Waals surface area contributed by atoms with Gasteiger partial charge in [-0.3, -0.25) is 9.80 Å². The van der Waals surface area contributed by atoms with Crippen molar-refractivity contribution in [2.45, 2.75) is 0 Å². The van der Waals surface area contributed by atoms with Gasteiger partial charge in [0.05, 0.1) is 45.5 Å². The standard InChI is InChI=1S/C48H28N4O3/c1-3-13-35-33(11-1)49(39-17-9-21-45-47(39)51(35)37-15-5-7-19-43(37)54-45)29-23-25-41-31(27-29)32-28-30(24-26-42(32)53-41)50-34-12-2-4-14-36(34)52-38-16-6-8-20-44(38)55-46-22-10-18-40(50)48(46)52/h1-28H. The van der Waals surface area contributed by atoms with Crippen LogP contribution in [0.4, 0.5) is 68.2 Å². The lowest BCUT2D eigenvalue weighted by Crippen LogP contribution is -2.26. The Labute approximate surface area is 315 Å². The molecular weight excluding hydrogens is 681 g/mol. The molecule has 1 aromatic heterocycles. The summed E-state index contributed by atoms with van der Waals surface area (Å²) in [6.45, 7) is 0. The normalized spacial score (nSPS) is 14.0. The first kappa shape index (κ1) is 28.9. The van der Waals surface area contributed by atoms with E-state index in [9.17, 15) is 0 Å². The number of nitrogens with zero attached hydrogens (tertiary/aromatic N) is 4. The second-order valence-corrected chi connectivity index (χ2v) is 14.2. The average Bonchev–Trinajstić information content (AvgIpc) is 3.60. The summed E-state index contributed by atoms with van der Waals surface area (Å²) in [7, 11) is 0. The van der Waals surface area contributed by atoms with E-state index in [0.29, 0.717) is 0 Å². The maximum absolute atomic E-state index is 6.52. The number of anilines is 12. The fourth-order valence-corrected chi connectivity index (χ4v) is 8.96. The second-order valence-electron chi connectivity index (χ2n) is 14.2. The van der Waals surface area contributed by atoms with Gasteiger partial charge < -0.3 is 23.7 Å². The van der Waals surface area contributed by atoms with Crippen LogP contribution in [0.25, 0.3) is 21.9 Å². The van der Waals surface area contributed by atoms with Crippen LogP contribution in [0.5, 0.6) is 23.0 Å². The van der Waals surface area contributed by atoms with E-state index in [-0.39, 0.29) is 0 Å². The van der Waals surface area contributed by atoms with Gasteiger partial charge in [-0.05, 0) is 109 Å². The van der Waals surface area contributed by atoms with Gasteiger partial charge in [0.25, 0.3) is 0 Å². The molecule has 13 rings (SSSR count). The van der Waals surface area contributed by atoms with E-state index in [1.807, 2.05) is 24.3 Å². The van der Waals surface area contributed by atoms with Crippen LogP contribution in [-0.4, -0.2) is 0 Å². The number of furan rings is 1. The Hall–Kier alpha value is -7.64. The number of hydrogen-bond acceptors (Lipinski definition) is 7. The van der Waals surface area contributed by atoms with Crippen LogP contribution in [0.15, 0.2) is 174 Å². The molecule has 0 aliphatic carbocycles. The van der Waals surface area contributed by atoms with Gasteiger partial charge in [-0.2, -0.15) is 0 Å². The Morgan fingerprint density at radius 2 is 0.655 bits per heavy atom. The average molecular weight is 709 g/mol. The number of para-hydroxylation sites is 10. The van der Waals surface area contributed by atoms with Crippen molar-refractivity contribution in [1.29, 1.82) is 0 Å². The molecular formula is C48H28N4O3. The molecule has 4 aliphatic heterocycles. The number of rotatable bonds is 2. The molecule has 55 heavy (non-hydrogen) atoms. The number of hydrogen-bond donors (Lipinski definition) is 0. The summed E-state index contributed by atoms with van der Waals surface area (Å²) in [6, 6.07) is 59.3. The molecule has 4 aliphatic rings. The number of benzene rings is 8. The smallest absolute Gasteiger partial charge is 0.153 e. The molecule has 0 bridgehead atoms. The third-order valence-corrected chi connectivity index (χ3v) is 11.2. The van der Waals surface area contributed by atoms with Crippen LogP contribution in [0.3, 0.4) is 0 Å².